The number of para-hydroxylation sites is 1. The summed E-state index contributed by atoms with van der Waals surface area (Å²) in [5.41, 5.74) is 1.24. The molecule has 16 heavy (non-hydrogen) atoms. The fourth-order valence-electron chi connectivity index (χ4n) is 2.32. The third-order valence-electron chi connectivity index (χ3n) is 3.42. The number of hydrogen-bond acceptors (Lipinski definition) is 2. The third-order valence-corrected chi connectivity index (χ3v) is 3.42. The summed E-state index contributed by atoms with van der Waals surface area (Å²) in [7, 11) is 2.13. The highest BCUT2D eigenvalue weighted by Crippen LogP contribution is 2.30. The highest BCUT2D eigenvalue weighted by molar-refractivity contribution is 5.53. The average Bonchev–Trinajstić information content (AvgIpc) is 2.58. The lowest BCUT2D eigenvalue weighted by molar-refractivity contribution is 0.292. The van der Waals surface area contributed by atoms with E-state index in [1.165, 1.54) is 5.69 Å². The molecule has 0 amide bonds. The molecular formula is C14H20N2. The quantitative estimate of drug-likeness (QED) is 0.750. The minimum Gasteiger partial charge on any atom is -0.357 e. The molecule has 1 aliphatic rings. The lowest BCUT2D eigenvalue weighted by atomic mass is 10.0. The fourth-order valence-corrected chi connectivity index (χ4v) is 2.32. The maximum absolute atomic E-state index is 4.18. The molecule has 1 atom stereocenters. The van der Waals surface area contributed by atoms with E-state index < -0.39 is 0 Å². The predicted molar refractivity (Wildman–Crippen MR) is 69.3 cm³/mol. The van der Waals surface area contributed by atoms with Crippen LogP contribution in [0.1, 0.15) is 13.8 Å². The molecule has 1 aromatic carbocycles. The molecule has 0 spiro atoms. The molecular weight excluding hydrogens is 196 g/mol. The third kappa shape index (κ3) is 1.80. The van der Waals surface area contributed by atoms with Crippen LogP contribution in [0.15, 0.2) is 42.7 Å². The molecule has 1 aromatic rings. The highest BCUT2D eigenvalue weighted by Gasteiger charge is 2.32. The zero-order chi connectivity index (χ0) is 11.7. The van der Waals surface area contributed by atoms with Crippen molar-refractivity contribution in [2.45, 2.75) is 19.9 Å². The summed E-state index contributed by atoms with van der Waals surface area (Å²) in [4.78, 5) is 4.59. The van der Waals surface area contributed by atoms with E-state index in [4.69, 9.17) is 0 Å². The van der Waals surface area contributed by atoms with Crippen molar-refractivity contribution in [3.05, 3.63) is 42.7 Å². The molecule has 1 aliphatic heterocycles. The van der Waals surface area contributed by atoms with E-state index in [0.717, 1.165) is 12.4 Å². The average molecular weight is 216 g/mol. The molecule has 2 rings (SSSR count). The maximum atomic E-state index is 4.18. The molecule has 1 fully saturated rings. The minimum absolute atomic E-state index is 0.563. The van der Waals surface area contributed by atoms with Gasteiger partial charge < -0.3 is 9.80 Å². The molecule has 2 nitrogen and oxygen atoms in total. The van der Waals surface area contributed by atoms with Gasteiger partial charge in [0.15, 0.2) is 0 Å². The Hall–Kier alpha value is -1.44. The van der Waals surface area contributed by atoms with Crippen molar-refractivity contribution in [3.8, 4) is 0 Å². The molecule has 0 N–H and O–H groups in total. The number of benzene rings is 1. The van der Waals surface area contributed by atoms with Gasteiger partial charge in [-0.05, 0) is 18.1 Å². The monoisotopic (exact) mass is 216 g/mol. The SMILES string of the molecule is C=C1N(c2ccccc2)C[C@H](C(C)C)N1C. The van der Waals surface area contributed by atoms with Gasteiger partial charge in [0.05, 0.1) is 6.04 Å². The summed E-state index contributed by atoms with van der Waals surface area (Å²) in [6.07, 6.45) is 0. The summed E-state index contributed by atoms with van der Waals surface area (Å²) in [6, 6.07) is 11.0. The van der Waals surface area contributed by atoms with Gasteiger partial charge in [0, 0.05) is 19.3 Å². The van der Waals surface area contributed by atoms with Gasteiger partial charge in [0.1, 0.15) is 5.82 Å². The Morgan fingerprint density at radius 2 is 1.88 bits per heavy atom. The number of hydrogen-bond donors (Lipinski definition) is 0. The maximum Gasteiger partial charge on any atom is 0.101 e. The smallest absolute Gasteiger partial charge is 0.101 e. The molecule has 1 saturated heterocycles. The lowest BCUT2D eigenvalue weighted by Crippen LogP contribution is -2.30. The van der Waals surface area contributed by atoms with Crippen molar-refractivity contribution < 1.29 is 0 Å². The van der Waals surface area contributed by atoms with Crippen LogP contribution in [0.2, 0.25) is 0 Å². The van der Waals surface area contributed by atoms with E-state index in [1.54, 1.807) is 0 Å². The van der Waals surface area contributed by atoms with Crippen LogP contribution in [0.4, 0.5) is 5.69 Å². The van der Waals surface area contributed by atoms with Crippen molar-refractivity contribution in [2.24, 2.45) is 5.92 Å². The zero-order valence-corrected chi connectivity index (χ0v) is 10.4. The van der Waals surface area contributed by atoms with Gasteiger partial charge in [-0.1, -0.05) is 38.6 Å². The number of rotatable bonds is 2. The second-order valence-corrected chi connectivity index (χ2v) is 4.78. The van der Waals surface area contributed by atoms with E-state index >= 15 is 0 Å². The van der Waals surface area contributed by atoms with Gasteiger partial charge in [-0.25, -0.2) is 0 Å². The first-order valence-corrected chi connectivity index (χ1v) is 5.85. The van der Waals surface area contributed by atoms with Crippen LogP contribution in [-0.4, -0.2) is 24.5 Å². The van der Waals surface area contributed by atoms with Crippen LogP contribution in [0.3, 0.4) is 0 Å². The van der Waals surface area contributed by atoms with Gasteiger partial charge in [-0.3, -0.25) is 0 Å². The molecule has 1 heterocycles. The molecule has 0 unspecified atom stereocenters. The Kier molecular flexibility index (Phi) is 2.90. The Bertz CT molecular complexity index is 370. The van der Waals surface area contributed by atoms with Gasteiger partial charge >= 0.3 is 0 Å². The van der Waals surface area contributed by atoms with E-state index in [2.05, 4.69) is 61.5 Å². The van der Waals surface area contributed by atoms with Crippen LogP contribution in [0.5, 0.6) is 0 Å². The Labute approximate surface area is 98.2 Å². The first kappa shape index (κ1) is 11.1. The molecule has 2 heteroatoms. The van der Waals surface area contributed by atoms with Crippen LogP contribution >= 0.6 is 0 Å². The van der Waals surface area contributed by atoms with Crippen molar-refractivity contribution in [1.29, 1.82) is 0 Å². The zero-order valence-electron chi connectivity index (χ0n) is 10.4. The predicted octanol–water partition coefficient (Wildman–Crippen LogP) is 2.93. The van der Waals surface area contributed by atoms with Gasteiger partial charge in [-0.15, -0.1) is 0 Å². The summed E-state index contributed by atoms with van der Waals surface area (Å²) in [6.45, 7) is 9.75. The topological polar surface area (TPSA) is 6.48 Å². The summed E-state index contributed by atoms with van der Waals surface area (Å²) in [5, 5.41) is 0. The van der Waals surface area contributed by atoms with Crippen molar-refractivity contribution in [3.63, 3.8) is 0 Å². The Balaban J connectivity index is 2.23. The molecule has 86 valence electrons. The van der Waals surface area contributed by atoms with Crippen molar-refractivity contribution >= 4 is 5.69 Å². The first-order valence-electron chi connectivity index (χ1n) is 5.85. The van der Waals surface area contributed by atoms with Crippen LogP contribution < -0.4 is 4.90 Å². The molecule has 0 radical (unpaired) electrons. The lowest BCUT2D eigenvalue weighted by Gasteiger charge is -2.23. The minimum atomic E-state index is 0.563. The van der Waals surface area contributed by atoms with E-state index in [0.29, 0.717) is 12.0 Å². The van der Waals surface area contributed by atoms with Crippen molar-refractivity contribution in [2.75, 3.05) is 18.5 Å². The van der Waals surface area contributed by atoms with Crippen molar-refractivity contribution in [1.82, 2.24) is 4.90 Å². The fraction of sp³-hybridized carbons (Fsp3) is 0.429. The van der Waals surface area contributed by atoms with E-state index in [1.807, 2.05) is 6.07 Å². The van der Waals surface area contributed by atoms with Crippen LogP contribution in [-0.2, 0) is 0 Å². The van der Waals surface area contributed by atoms with Crippen LogP contribution in [0.25, 0.3) is 0 Å². The van der Waals surface area contributed by atoms with Gasteiger partial charge in [0.2, 0.25) is 0 Å². The van der Waals surface area contributed by atoms with E-state index in [-0.39, 0.29) is 0 Å². The van der Waals surface area contributed by atoms with Gasteiger partial charge in [-0.2, -0.15) is 0 Å². The highest BCUT2D eigenvalue weighted by atomic mass is 15.4. The molecule has 0 aromatic heterocycles. The van der Waals surface area contributed by atoms with Crippen LogP contribution in [0, 0.1) is 5.92 Å². The normalized spacial score (nSPS) is 21.0. The molecule has 0 aliphatic carbocycles. The number of likely N-dealkylation sites (N-methyl/N-ethyl adjacent to an activating group) is 1. The first-order chi connectivity index (χ1) is 7.61. The number of anilines is 1. The van der Waals surface area contributed by atoms with E-state index in [9.17, 15) is 0 Å². The Morgan fingerprint density at radius 1 is 1.25 bits per heavy atom. The largest absolute Gasteiger partial charge is 0.357 e. The summed E-state index contributed by atoms with van der Waals surface area (Å²) >= 11 is 0. The van der Waals surface area contributed by atoms with Gasteiger partial charge in [0.25, 0.3) is 0 Å². The summed E-state index contributed by atoms with van der Waals surface area (Å²) < 4.78 is 0. The standard InChI is InChI=1S/C14H20N2/c1-11(2)14-10-16(12(3)15(14)4)13-8-6-5-7-9-13/h5-9,11,14H,3,10H2,1-2,4H3/t14-/m1/s1. The second-order valence-electron chi connectivity index (χ2n) is 4.78. The molecule has 0 saturated carbocycles. The molecule has 0 bridgehead atoms. The summed E-state index contributed by atoms with van der Waals surface area (Å²) in [5.74, 6) is 1.75. The second kappa shape index (κ2) is 4.20. The Morgan fingerprint density at radius 3 is 2.38 bits per heavy atom. The number of nitrogens with zero attached hydrogens (tertiary/aromatic N) is 2.